The van der Waals surface area contributed by atoms with Gasteiger partial charge >= 0.3 is 0 Å². The van der Waals surface area contributed by atoms with Gasteiger partial charge in [0.1, 0.15) is 10.6 Å². The first kappa shape index (κ1) is 23.6. The number of benzene rings is 3. The summed E-state index contributed by atoms with van der Waals surface area (Å²) in [4.78, 5) is 14.8. The highest BCUT2D eigenvalue weighted by Crippen LogP contribution is 2.33. The van der Waals surface area contributed by atoms with Gasteiger partial charge in [0.25, 0.3) is 10.0 Å². The Morgan fingerprint density at radius 1 is 0.941 bits per heavy atom. The minimum atomic E-state index is -3.97. The normalized spacial score (nSPS) is 13.9. The summed E-state index contributed by atoms with van der Waals surface area (Å²) in [5, 5.41) is 2.85. The molecule has 7 nitrogen and oxygen atoms in total. The van der Waals surface area contributed by atoms with Crippen molar-refractivity contribution >= 4 is 33.0 Å². The Morgan fingerprint density at radius 3 is 2.38 bits per heavy atom. The van der Waals surface area contributed by atoms with Gasteiger partial charge in [0.05, 0.1) is 24.9 Å². The molecule has 0 atom stereocenters. The number of ether oxygens (including phenoxy) is 1. The number of carbonyl (C=O) groups excluding carboxylic acids is 1. The van der Waals surface area contributed by atoms with Gasteiger partial charge in [-0.2, -0.15) is 0 Å². The molecule has 1 saturated heterocycles. The molecule has 34 heavy (non-hydrogen) atoms. The maximum Gasteiger partial charge on any atom is 0.264 e. The molecule has 0 radical (unpaired) electrons. The molecule has 3 aromatic rings. The second-order valence-electron chi connectivity index (χ2n) is 8.25. The molecule has 1 amide bonds. The van der Waals surface area contributed by atoms with Crippen LogP contribution in [0.3, 0.4) is 0 Å². The molecule has 0 bridgehead atoms. The summed E-state index contributed by atoms with van der Waals surface area (Å²) in [5.74, 6) is 0.218. The summed E-state index contributed by atoms with van der Waals surface area (Å²) in [6, 6.07) is 21.4. The maximum absolute atomic E-state index is 13.6. The van der Waals surface area contributed by atoms with Crippen molar-refractivity contribution in [1.29, 1.82) is 0 Å². The van der Waals surface area contributed by atoms with Gasteiger partial charge in [0.2, 0.25) is 5.91 Å². The number of hydrogen-bond acceptors (Lipinski definition) is 5. The predicted octanol–water partition coefficient (Wildman–Crippen LogP) is 4.67. The zero-order valence-electron chi connectivity index (χ0n) is 19.2. The van der Waals surface area contributed by atoms with Crippen LogP contribution in [-0.4, -0.2) is 34.5 Å². The third kappa shape index (κ3) is 5.69. The van der Waals surface area contributed by atoms with Crippen LogP contribution in [0.1, 0.15) is 24.8 Å². The van der Waals surface area contributed by atoms with Crippen molar-refractivity contribution in [1.82, 2.24) is 0 Å². The molecule has 0 unspecified atom stereocenters. The van der Waals surface area contributed by atoms with Crippen LogP contribution in [-0.2, 0) is 21.2 Å². The highest BCUT2D eigenvalue weighted by Gasteiger charge is 2.25. The fourth-order valence-corrected chi connectivity index (χ4v) is 5.44. The number of methoxy groups -OCH3 is 1. The number of sulfonamides is 1. The van der Waals surface area contributed by atoms with Crippen molar-refractivity contribution < 1.29 is 17.9 Å². The minimum absolute atomic E-state index is 0.123. The number of rotatable bonds is 8. The van der Waals surface area contributed by atoms with E-state index >= 15 is 0 Å². The topological polar surface area (TPSA) is 87.7 Å². The van der Waals surface area contributed by atoms with E-state index in [4.69, 9.17) is 4.74 Å². The van der Waals surface area contributed by atoms with Crippen molar-refractivity contribution in [2.24, 2.45) is 0 Å². The maximum atomic E-state index is 13.6. The average molecular weight is 480 g/mol. The first-order valence-corrected chi connectivity index (χ1v) is 12.8. The lowest BCUT2D eigenvalue weighted by molar-refractivity contribution is -0.115. The van der Waals surface area contributed by atoms with E-state index in [1.807, 2.05) is 30.3 Å². The van der Waals surface area contributed by atoms with Crippen LogP contribution in [0.25, 0.3) is 0 Å². The largest absolute Gasteiger partial charge is 0.495 e. The zero-order chi connectivity index (χ0) is 24.0. The molecule has 1 aliphatic rings. The predicted molar refractivity (Wildman–Crippen MR) is 135 cm³/mol. The summed E-state index contributed by atoms with van der Waals surface area (Å²) in [7, 11) is -2.47. The number of hydrogen-bond donors (Lipinski definition) is 2. The molecule has 8 heteroatoms. The molecular formula is C26H29N3O4S. The van der Waals surface area contributed by atoms with Crippen LogP contribution in [0.15, 0.2) is 77.7 Å². The molecule has 178 valence electrons. The van der Waals surface area contributed by atoms with E-state index in [1.54, 1.807) is 36.4 Å². The quantitative estimate of drug-likeness (QED) is 0.490. The Labute approximate surface area is 200 Å². The first-order chi connectivity index (χ1) is 16.5. The summed E-state index contributed by atoms with van der Waals surface area (Å²) in [6.07, 6.45) is 3.35. The van der Waals surface area contributed by atoms with E-state index < -0.39 is 10.0 Å². The molecule has 3 aromatic carbocycles. The fourth-order valence-electron chi connectivity index (χ4n) is 4.12. The molecule has 0 saturated carbocycles. The van der Waals surface area contributed by atoms with E-state index in [0.717, 1.165) is 37.9 Å². The fraction of sp³-hybridized carbons (Fsp3) is 0.269. The second kappa shape index (κ2) is 10.6. The van der Waals surface area contributed by atoms with Crippen molar-refractivity contribution in [3.05, 3.63) is 78.4 Å². The lowest BCUT2D eigenvalue weighted by Crippen LogP contribution is -2.31. The number of amides is 1. The number of piperidine rings is 1. The average Bonchev–Trinajstić information content (AvgIpc) is 2.85. The summed E-state index contributed by atoms with van der Waals surface area (Å²) >= 11 is 0. The number of carbonyl (C=O) groups is 1. The Bertz CT molecular complexity index is 1240. The Morgan fingerprint density at radius 2 is 1.65 bits per heavy atom. The lowest BCUT2D eigenvalue weighted by Gasteiger charge is -2.30. The highest BCUT2D eigenvalue weighted by atomic mass is 32.2. The molecule has 1 fully saturated rings. The van der Waals surface area contributed by atoms with Crippen LogP contribution in [0, 0.1) is 0 Å². The molecular weight excluding hydrogens is 450 g/mol. The summed E-state index contributed by atoms with van der Waals surface area (Å²) in [6.45, 7) is 1.58. The van der Waals surface area contributed by atoms with E-state index in [1.165, 1.54) is 13.2 Å². The van der Waals surface area contributed by atoms with E-state index in [9.17, 15) is 13.2 Å². The number of anilines is 3. The van der Waals surface area contributed by atoms with E-state index in [2.05, 4.69) is 14.9 Å². The molecule has 2 N–H and O–H groups in total. The third-order valence-corrected chi connectivity index (χ3v) is 7.18. The lowest BCUT2D eigenvalue weighted by atomic mass is 10.1. The van der Waals surface area contributed by atoms with Gasteiger partial charge in [0, 0.05) is 18.8 Å². The van der Waals surface area contributed by atoms with Gasteiger partial charge in [-0.15, -0.1) is 0 Å². The molecule has 0 aliphatic carbocycles. The Kier molecular flexibility index (Phi) is 7.37. The van der Waals surface area contributed by atoms with Gasteiger partial charge in [-0.05, 0) is 55.2 Å². The van der Waals surface area contributed by atoms with Crippen LogP contribution >= 0.6 is 0 Å². The van der Waals surface area contributed by atoms with Crippen LogP contribution < -0.4 is 19.7 Å². The SMILES string of the molecule is COc1ccccc1NS(=O)(=O)c1cc(NC(=O)Cc2ccccc2)ccc1N1CCCCC1. The third-order valence-electron chi connectivity index (χ3n) is 5.79. The zero-order valence-corrected chi connectivity index (χ0v) is 20.0. The van der Waals surface area contributed by atoms with Gasteiger partial charge in [-0.1, -0.05) is 42.5 Å². The van der Waals surface area contributed by atoms with Crippen LogP contribution in [0.2, 0.25) is 0 Å². The van der Waals surface area contributed by atoms with Crippen molar-refractivity contribution in [2.75, 3.05) is 35.1 Å². The Balaban J connectivity index is 1.65. The van der Waals surface area contributed by atoms with Crippen LogP contribution in [0.5, 0.6) is 5.75 Å². The van der Waals surface area contributed by atoms with Crippen molar-refractivity contribution in [3.63, 3.8) is 0 Å². The first-order valence-electron chi connectivity index (χ1n) is 11.3. The van der Waals surface area contributed by atoms with Gasteiger partial charge in [-0.25, -0.2) is 8.42 Å². The molecule has 0 aromatic heterocycles. The summed E-state index contributed by atoms with van der Waals surface area (Å²) in [5.41, 5.74) is 2.30. The van der Waals surface area contributed by atoms with E-state index in [0.29, 0.717) is 22.8 Å². The molecule has 1 heterocycles. The molecule has 0 spiro atoms. The van der Waals surface area contributed by atoms with Gasteiger partial charge in [0.15, 0.2) is 0 Å². The number of nitrogens with one attached hydrogen (secondary N) is 2. The molecule has 1 aliphatic heterocycles. The Hall–Kier alpha value is -3.52. The number of nitrogens with zero attached hydrogens (tertiary/aromatic N) is 1. The summed E-state index contributed by atoms with van der Waals surface area (Å²) < 4.78 is 35.1. The van der Waals surface area contributed by atoms with Gasteiger partial charge in [-0.3, -0.25) is 9.52 Å². The van der Waals surface area contributed by atoms with Crippen molar-refractivity contribution in [3.8, 4) is 5.75 Å². The molecule has 4 rings (SSSR count). The monoisotopic (exact) mass is 479 g/mol. The van der Waals surface area contributed by atoms with E-state index in [-0.39, 0.29) is 17.2 Å². The van der Waals surface area contributed by atoms with Crippen molar-refractivity contribution in [2.45, 2.75) is 30.6 Å². The minimum Gasteiger partial charge on any atom is -0.495 e. The second-order valence-corrected chi connectivity index (χ2v) is 9.90. The van der Waals surface area contributed by atoms with Gasteiger partial charge < -0.3 is 15.0 Å². The van der Waals surface area contributed by atoms with Crippen LogP contribution in [0.4, 0.5) is 17.1 Å². The standard InChI is InChI=1S/C26H29N3O4S/c1-33-24-13-7-6-12-22(24)28-34(31,32)25-19-21(14-15-23(25)29-16-8-3-9-17-29)27-26(30)18-20-10-4-2-5-11-20/h2,4-7,10-15,19,28H,3,8-9,16-18H2,1H3,(H,27,30). The smallest absolute Gasteiger partial charge is 0.264 e. The number of para-hydroxylation sites is 2. The highest BCUT2D eigenvalue weighted by molar-refractivity contribution is 7.93.